The summed E-state index contributed by atoms with van der Waals surface area (Å²) in [5.41, 5.74) is 4.09. The molecule has 6 heteroatoms. The van der Waals surface area contributed by atoms with Gasteiger partial charge in [-0.2, -0.15) is 5.10 Å². The van der Waals surface area contributed by atoms with Crippen LogP contribution in [-0.4, -0.2) is 40.1 Å². The summed E-state index contributed by atoms with van der Waals surface area (Å²) >= 11 is 0. The Morgan fingerprint density at radius 1 is 1.28 bits per heavy atom. The van der Waals surface area contributed by atoms with Gasteiger partial charge >= 0.3 is 0 Å². The Labute approximate surface area is 147 Å². The van der Waals surface area contributed by atoms with Gasteiger partial charge < -0.3 is 10.2 Å². The van der Waals surface area contributed by atoms with Crippen molar-refractivity contribution in [2.45, 2.75) is 33.2 Å². The number of aryl methyl sites for hydroxylation is 2. The topological polar surface area (TPSA) is 67.2 Å². The van der Waals surface area contributed by atoms with Crippen LogP contribution in [0, 0.1) is 19.8 Å². The van der Waals surface area contributed by atoms with Crippen LogP contribution in [0.5, 0.6) is 0 Å². The number of aromatic nitrogens is 2. The number of hydrogen-bond acceptors (Lipinski definition) is 3. The van der Waals surface area contributed by atoms with Crippen molar-refractivity contribution in [2.24, 2.45) is 5.92 Å². The Kier molecular flexibility index (Phi) is 4.61. The summed E-state index contributed by atoms with van der Waals surface area (Å²) in [4.78, 5) is 25.5. The molecule has 1 aromatic heterocycles. The molecule has 25 heavy (non-hydrogen) atoms. The molecule has 1 saturated heterocycles. The SMILES string of the molecule is Cc1cc(C)n(-c2ccc(C(C)NC(=O)C3CC(=O)N(C)C3)cc2)n1. The number of amides is 2. The van der Waals surface area contributed by atoms with E-state index in [2.05, 4.69) is 10.4 Å². The third kappa shape index (κ3) is 3.57. The Morgan fingerprint density at radius 3 is 2.48 bits per heavy atom. The number of nitrogens with zero attached hydrogens (tertiary/aromatic N) is 3. The smallest absolute Gasteiger partial charge is 0.225 e. The third-order valence-corrected chi connectivity index (χ3v) is 4.72. The predicted octanol–water partition coefficient (Wildman–Crippen LogP) is 2.14. The highest BCUT2D eigenvalue weighted by Crippen LogP contribution is 2.20. The summed E-state index contributed by atoms with van der Waals surface area (Å²) in [5, 5.41) is 7.49. The lowest BCUT2D eigenvalue weighted by Crippen LogP contribution is -2.34. The predicted molar refractivity (Wildman–Crippen MR) is 95.3 cm³/mol. The summed E-state index contributed by atoms with van der Waals surface area (Å²) in [6.45, 7) is 6.45. The number of hydrogen-bond donors (Lipinski definition) is 1. The molecule has 132 valence electrons. The third-order valence-electron chi connectivity index (χ3n) is 4.72. The van der Waals surface area contributed by atoms with E-state index in [0.717, 1.165) is 22.6 Å². The lowest BCUT2D eigenvalue weighted by molar-refractivity contribution is -0.128. The van der Waals surface area contributed by atoms with E-state index in [1.54, 1.807) is 11.9 Å². The number of rotatable bonds is 4. The van der Waals surface area contributed by atoms with Gasteiger partial charge in [-0.05, 0) is 44.5 Å². The fourth-order valence-corrected chi connectivity index (χ4v) is 3.25. The van der Waals surface area contributed by atoms with Crippen molar-refractivity contribution in [3.63, 3.8) is 0 Å². The highest BCUT2D eigenvalue weighted by molar-refractivity contribution is 5.89. The molecule has 1 aliphatic rings. The highest BCUT2D eigenvalue weighted by atomic mass is 16.2. The molecule has 2 amide bonds. The first-order valence-electron chi connectivity index (χ1n) is 8.53. The van der Waals surface area contributed by atoms with E-state index in [4.69, 9.17) is 0 Å². The van der Waals surface area contributed by atoms with Crippen LogP contribution in [0.2, 0.25) is 0 Å². The lowest BCUT2D eigenvalue weighted by Gasteiger charge is -2.17. The Hall–Kier alpha value is -2.63. The molecule has 0 aliphatic carbocycles. The number of nitrogens with one attached hydrogen (secondary N) is 1. The minimum absolute atomic E-state index is 0.0297. The molecular weight excluding hydrogens is 316 g/mol. The molecule has 2 aromatic rings. The van der Waals surface area contributed by atoms with E-state index < -0.39 is 0 Å². The molecule has 1 fully saturated rings. The molecule has 0 spiro atoms. The van der Waals surface area contributed by atoms with Crippen LogP contribution in [-0.2, 0) is 9.59 Å². The van der Waals surface area contributed by atoms with Gasteiger partial charge in [0.05, 0.1) is 23.3 Å². The summed E-state index contributed by atoms with van der Waals surface area (Å²) in [6.07, 6.45) is 0.298. The molecule has 2 atom stereocenters. The number of carbonyl (C=O) groups is 2. The first-order valence-corrected chi connectivity index (χ1v) is 8.53. The minimum Gasteiger partial charge on any atom is -0.349 e. The quantitative estimate of drug-likeness (QED) is 0.927. The van der Waals surface area contributed by atoms with Gasteiger partial charge in [-0.3, -0.25) is 9.59 Å². The first-order chi connectivity index (χ1) is 11.8. The molecule has 1 N–H and O–H groups in total. The van der Waals surface area contributed by atoms with Crippen molar-refractivity contribution in [1.82, 2.24) is 20.0 Å². The van der Waals surface area contributed by atoms with Crippen LogP contribution in [0.4, 0.5) is 0 Å². The molecule has 2 heterocycles. The molecule has 3 rings (SSSR count). The largest absolute Gasteiger partial charge is 0.349 e. The molecule has 0 bridgehead atoms. The van der Waals surface area contributed by atoms with Gasteiger partial charge in [-0.1, -0.05) is 12.1 Å². The zero-order valence-electron chi connectivity index (χ0n) is 15.1. The molecule has 6 nitrogen and oxygen atoms in total. The zero-order chi connectivity index (χ0) is 18.1. The molecular formula is C19H24N4O2. The monoisotopic (exact) mass is 340 g/mol. The summed E-state index contributed by atoms with van der Waals surface area (Å²) in [6, 6.07) is 9.94. The molecule has 0 radical (unpaired) electrons. The van der Waals surface area contributed by atoms with Gasteiger partial charge in [-0.25, -0.2) is 4.68 Å². The van der Waals surface area contributed by atoms with Crippen molar-refractivity contribution in [2.75, 3.05) is 13.6 Å². The summed E-state index contributed by atoms with van der Waals surface area (Å²) in [5.74, 6) is -0.288. The first kappa shape index (κ1) is 17.2. The van der Waals surface area contributed by atoms with Crippen molar-refractivity contribution >= 4 is 11.8 Å². The van der Waals surface area contributed by atoms with Crippen LogP contribution < -0.4 is 5.32 Å². The minimum atomic E-state index is -0.256. The van der Waals surface area contributed by atoms with Gasteiger partial charge in [0.25, 0.3) is 0 Å². The van der Waals surface area contributed by atoms with Crippen LogP contribution in [0.1, 0.15) is 36.3 Å². The van der Waals surface area contributed by atoms with Gasteiger partial charge in [-0.15, -0.1) is 0 Å². The Morgan fingerprint density at radius 2 is 1.96 bits per heavy atom. The molecule has 0 saturated carbocycles. The Balaban J connectivity index is 1.67. The van der Waals surface area contributed by atoms with Gasteiger partial charge in [0.1, 0.15) is 0 Å². The highest BCUT2D eigenvalue weighted by Gasteiger charge is 2.32. The van der Waals surface area contributed by atoms with Crippen LogP contribution >= 0.6 is 0 Å². The number of benzene rings is 1. The normalized spacial score (nSPS) is 18.5. The number of carbonyl (C=O) groups excluding carboxylic acids is 2. The summed E-state index contributed by atoms with van der Waals surface area (Å²) in [7, 11) is 1.73. The maximum Gasteiger partial charge on any atom is 0.225 e. The van der Waals surface area contributed by atoms with Gasteiger partial charge in [0, 0.05) is 25.7 Å². The van der Waals surface area contributed by atoms with Crippen LogP contribution in [0.3, 0.4) is 0 Å². The van der Waals surface area contributed by atoms with Crippen molar-refractivity contribution < 1.29 is 9.59 Å². The van der Waals surface area contributed by atoms with E-state index in [1.807, 2.05) is 55.8 Å². The van der Waals surface area contributed by atoms with Gasteiger partial charge in [0.15, 0.2) is 0 Å². The number of likely N-dealkylation sites (tertiary alicyclic amines) is 1. The van der Waals surface area contributed by atoms with E-state index >= 15 is 0 Å². The fraction of sp³-hybridized carbons (Fsp3) is 0.421. The second-order valence-corrected chi connectivity index (χ2v) is 6.84. The van der Waals surface area contributed by atoms with Gasteiger partial charge in [0.2, 0.25) is 11.8 Å². The summed E-state index contributed by atoms with van der Waals surface area (Å²) < 4.78 is 1.91. The second kappa shape index (κ2) is 6.70. The maximum absolute atomic E-state index is 12.4. The molecule has 2 unspecified atom stereocenters. The van der Waals surface area contributed by atoms with E-state index in [1.165, 1.54) is 0 Å². The van der Waals surface area contributed by atoms with Crippen LogP contribution in [0.15, 0.2) is 30.3 Å². The Bertz CT molecular complexity index is 794. The zero-order valence-corrected chi connectivity index (χ0v) is 15.1. The second-order valence-electron chi connectivity index (χ2n) is 6.84. The lowest BCUT2D eigenvalue weighted by atomic mass is 10.0. The molecule has 1 aliphatic heterocycles. The van der Waals surface area contributed by atoms with E-state index in [-0.39, 0.29) is 23.8 Å². The fourth-order valence-electron chi connectivity index (χ4n) is 3.25. The average molecular weight is 340 g/mol. The van der Waals surface area contributed by atoms with Crippen molar-refractivity contribution in [1.29, 1.82) is 0 Å². The maximum atomic E-state index is 12.4. The van der Waals surface area contributed by atoms with Crippen LogP contribution in [0.25, 0.3) is 5.69 Å². The molecule has 1 aromatic carbocycles. The van der Waals surface area contributed by atoms with Crippen molar-refractivity contribution in [3.05, 3.63) is 47.3 Å². The van der Waals surface area contributed by atoms with Crippen molar-refractivity contribution in [3.8, 4) is 5.69 Å². The van der Waals surface area contributed by atoms with E-state index in [9.17, 15) is 9.59 Å². The van der Waals surface area contributed by atoms with E-state index in [0.29, 0.717) is 13.0 Å². The standard InChI is InChI=1S/C19H24N4O2/c1-12-9-13(2)23(21-12)17-7-5-15(6-8-17)14(3)20-19(25)16-10-18(24)22(4)11-16/h5-9,14,16H,10-11H2,1-4H3,(H,20,25). The average Bonchev–Trinajstić information content (AvgIpc) is 3.09.